The summed E-state index contributed by atoms with van der Waals surface area (Å²) in [6, 6.07) is 2.11. The van der Waals surface area contributed by atoms with Crippen LogP contribution < -0.4 is 4.74 Å². The van der Waals surface area contributed by atoms with Crippen LogP contribution in [-0.2, 0) is 5.41 Å². The molecule has 1 aromatic heterocycles. The molecular weight excluding hydrogens is 218 g/mol. The van der Waals surface area contributed by atoms with Crippen LogP contribution in [0.3, 0.4) is 0 Å². The maximum absolute atomic E-state index is 5.23. The summed E-state index contributed by atoms with van der Waals surface area (Å²) < 4.78 is 9.78. The van der Waals surface area contributed by atoms with Gasteiger partial charge in [0.1, 0.15) is 0 Å². The standard InChI is InChI=1S/C13H23NOS/c1-5-7-9-13(3,8-6-2)11-10-12(15-4)16-14-11/h10H,5-9H2,1-4H3. The minimum Gasteiger partial charge on any atom is -0.486 e. The zero-order valence-electron chi connectivity index (χ0n) is 10.9. The average Bonchev–Trinajstić information content (AvgIpc) is 2.76. The van der Waals surface area contributed by atoms with Gasteiger partial charge in [-0.05, 0) is 12.8 Å². The van der Waals surface area contributed by atoms with Crippen LogP contribution in [0, 0.1) is 0 Å². The average molecular weight is 241 g/mol. The van der Waals surface area contributed by atoms with Gasteiger partial charge in [-0.1, -0.05) is 40.0 Å². The highest BCUT2D eigenvalue weighted by atomic mass is 32.1. The lowest BCUT2D eigenvalue weighted by atomic mass is 9.78. The summed E-state index contributed by atoms with van der Waals surface area (Å²) in [6.45, 7) is 6.82. The lowest BCUT2D eigenvalue weighted by Crippen LogP contribution is -2.22. The largest absolute Gasteiger partial charge is 0.486 e. The van der Waals surface area contributed by atoms with Crippen molar-refractivity contribution in [3.05, 3.63) is 11.8 Å². The molecule has 0 bridgehead atoms. The third kappa shape index (κ3) is 3.21. The minimum absolute atomic E-state index is 0.234. The predicted octanol–water partition coefficient (Wildman–Crippen LogP) is 4.40. The van der Waals surface area contributed by atoms with E-state index in [4.69, 9.17) is 4.74 Å². The second-order valence-electron chi connectivity index (χ2n) is 4.65. The lowest BCUT2D eigenvalue weighted by molar-refractivity contribution is 0.373. The van der Waals surface area contributed by atoms with E-state index in [1.165, 1.54) is 49.3 Å². The summed E-state index contributed by atoms with van der Waals surface area (Å²) in [6.07, 6.45) is 6.17. The summed E-state index contributed by atoms with van der Waals surface area (Å²) in [7, 11) is 1.71. The molecule has 0 fully saturated rings. The van der Waals surface area contributed by atoms with Gasteiger partial charge in [-0.2, -0.15) is 4.37 Å². The summed E-state index contributed by atoms with van der Waals surface area (Å²) in [5.41, 5.74) is 1.45. The Bertz CT molecular complexity index is 311. The third-order valence-electron chi connectivity index (χ3n) is 3.19. The Kier molecular flexibility index (Phi) is 5.26. The fourth-order valence-electron chi connectivity index (χ4n) is 2.14. The smallest absolute Gasteiger partial charge is 0.193 e. The van der Waals surface area contributed by atoms with Gasteiger partial charge >= 0.3 is 0 Å². The maximum Gasteiger partial charge on any atom is 0.193 e. The number of aromatic nitrogens is 1. The quantitative estimate of drug-likeness (QED) is 0.706. The zero-order valence-corrected chi connectivity index (χ0v) is 11.7. The van der Waals surface area contributed by atoms with Crippen LogP contribution in [0.4, 0.5) is 0 Å². The molecule has 1 unspecified atom stereocenters. The van der Waals surface area contributed by atoms with E-state index in [9.17, 15) is 0 Å². The van der Waals surface area contributed by atoms with Crippen molar-refractivity contribution in [1.82, 2.24) is 4.37 Å². The molecule has 1 aromatic rings. The van der Waals surface area contributed by atoms with Gasteiger partial charge in [0.25, 0.3) is 0 Å². The molecule has 0 aliphatic heterocycles. The van der Waals surface area contributed by atoms with Gasteiger partial charge in [0.05, 0.1) is 12.8 Å². The van der Waals surface area contributed by atoms with E-state index in [1.807, 2.05) is 0 Å². The van der Waals surface area contributed by atoms with E-state index in [0.717, 1.165) is 5.06 Å². The van der Waals surface area contributed by atoms with Crippen LogP contribution in [0.25, 0.3) is 0 Å². The van der Waals surface area contributed by atoms with E-state index in [-0.39, 0.29) is 5.41 Å². The summed E-state index contributed by atoms with van der Waals surface area (Å²) in [5.74, 6) is 0. The molecule has 0 aromatic carbocycles. The van der Waals surface area contributed by atoms with Gasteiger partial charge in [-0.15, -0.1) is 0 Å². The van der Waals surface area contributed by atoms with Crippen LogP contribution >= 0.6 is 11.5 Å². The number of nitrogens with zero attached hydrogens (tertiary/aromatic N) is 1. The molecule has 0 radical (unpaired) electrons. The Balaban J connectivity index is 2.82. The van der Waals surface area contributed by atoms with Crippen molar-refractivity contribution in [3.63, 3.8) is 0 Å². The van der Waals surface area contributed by atoms with Crippen molar-refractivity contribution in [2.75, 3.05) is 7.11 Å². The highest BCUT2D eigenvalue weighted by Crippen LogP contribution is 2.36. The molecule has 2 nitrogen and oxygen atoms in total. The van der Waals surface area contributed by atoms with Crippen molar-refractivity contribution in [2.24, 2.45) is 0 Å². The van der Waals surface area contributed by atoms with Crippen molar-refractivity contribution < 1.29 is 4.74 Å². The molecular formula is C13H23NOS. The lowest BCUT2D eigenvalue weighted by Gasteiger charge is -2.27. The Labute approximate surface area is 103 Å². The van der Waals surface area contributed by atoms with Gasteiger partial charge < -0.3 is 4.74 Å². The number of hydrogen-bond donors (Lipinski definition) is 0. The molecule has 1 heterocycles. The monoisotopic (exact) mass is 241 g/mol. The van der Waals surface area contributed by atoms with Crippen LogP contribution in [0.2, 0.25) is 0 Å². The Morgan fingerprint density at radius 1 is 1.31 bits per heavy atom. The zero-order chi connectivity index (χ0) is 12.0. The normalized spacial score (nSPS) is 14.8. The van der Waals surface area contributed by atoms with Gasteiger partial charge in [-0.25, -0.2) is 0 Å². The molecule has 0 aliphatic rings. The van der Waals surface area contributed by atoms with Crippen LogP contribution in [0.15, 0.2) is 6.07 Å². The Hall–Kier alpha value is -0.570. The molecule has 1 atom stereocenters. The van der Waals surface area contributed by atoms with Gasteiger partial charge in [0.15, 0.2) is 5.06 Å². The number of rotatable bonds is 7. The topological polar surface area (TPSA) is 22.1 Å². The summed E-state index contributed by atoms with van der Waals surface area (Å²) in [5, 5.41) is 0.925. The van der Waals surface area contributed by atoms with Crippen molar-refractivity contribution >= 4 is 11.5 Å². The first-order chi connectivity index (χ1) is 7.66. The molecule has 0 amide bonds. The molecule has 92 valence electrons. The number of hydrogen-bond acceptors (Lipinski definition) is 3. The minimum atomic E-state index is 0.234. The first-order valence-electron chi connectivity index (χ1n) is 6.17. The SMILES string of the molecule is CCCCC(C)(CCC)c1cc(OC)sn1. The third-order valence-corrected chi connectivity index (χ3v) is 3.94. The predicted molar refractivity (Wildman–Crippen MR) is 70.5 cm³/mol. The van der Waals surface area contributed by atoms with Crippen molar-refractivity contribution in [1.29, 1.82) is 0 Å². The summed E-state index contributed by atoms with van der Waals surface area (Å²) in [4.78, 5) is 0. The molecule has 1 rings (SSSR count). The molecule has 16 heavy (non-hydrogen) atoms. The van der Waals surface area contributed by atoms with E-state index >= 15 is 0 Å². The highest BCUT2D eigenvalue weighted by molar-refractivity contribution is 7.07. The fraction of sp³-hybridized carbons (Fsp3) is 0.769. The van der Waals surface area contributed by atoms with Crippen LogP contribution in [0.1, 0.15) is 58.6 Å². The fourth-order valence-corrected chi connectivity index (χ4v) is 2.84. The molecule has 3 heteroatoms. The van der Waals surface area contributed by atoms with Gasteiger partial charge in [-0.3, -0.25) is 0 Å². The maximum atomic E-state index is 5.23. The van der Waals surface area contributed by atoms with E-state index < -0.39 is 0 Å². The number of methoxy groups -OCH3 is 1. The van der Waals surface area contributed by atoms with Crippen LogP contribution in [0.5, 0.6) is 5.06 Å². The van der Waals surface area contributed by atoms with E-state index in [1.54, 1.807) is 7.11 Å². The second kappa shape index (κ2) is 6.24. The van der Waals surface area contributed by atoms with Crippen molar-refractivity contribution in [2.45, 2.75) is 58.3 Å². The summed E-state index contributed by atoms with van der Waals surface area (Å²) >= 11 is 1.46. The van der Waals surface area contributed by atoms with Gasteiger partial charge in [0, 0.05) is 23.0 Å². The Morgan fingerprint density at radius 2 is 2.06 bits per heavy atom. The van der Waals surface area contributed by atoms with Crippen molar-refractivity contribution in [3.8, 4) is 5.06 Å². The molecule has 0 N–H and O–H groups in total. The highest BCUT2D eigenvalue weighted by Gasteiger charge is 2.28. The van der Waals surface area contributed by atoms with E-state index in [2.05, 4.69) is 31.2 Å². The Morgan fingerprint density at radius 3 is 2.56 bits per heavy atom. The second-order valence-corrected chi connectivity index (χ2v) is 5.42. The molecule has 0 saturated carbocycles. The molecule has 0 saturated heterocycles. The molecule has 0 spiro atoms. The first kappa shape index (κ1) is 13.5. The number of unbranched alkanes of at least 4 members (excludes halogenated alkanes) is 1. The molecule has 0 aliphatic carbocycles. The van der Waals surface area contributed by atoms with Crippen LogP contribution in [-0.4, -0.2) is 11.5 Å². The van der Waals surface area contributed by atoms with Gasteiger partial charge in [0.2, 0.25) is 0 Å². The van der Waals surface area contributed by atoms with E-state index in [0.29, 0.717) is 0 Å². The number of ether oxygens (including phenoxy) is 1. The first-order valence-corrected chi connectivity index (χ1v) is 6.94.